The van der Waals surface area contributed by atoms with Gasteiger partial charge in [-0.2, -0.15) is 0 Å². The molecule has 0 aliphatic carbocycles. The standard InChI is InChI=1S/C15H19FN2O2S/c1-10(21-13-6-4-12(16)5-7-13)15(20)18-8-2-3-11(9-18)14(17)19/h4-7,10-11H,2-3,8-9H2,1H3,(H2,17,19). The number of rotatable bonds is 4. The molecule has 1 fully saturated rings. The van der Waals surface area contributed by atoms with E-state index in [2.05, 4.69) is 0 Å². The molecule has 1 aliphatic heterocycles. The molecule has 2 amide bonds. The number of nitrogens with two attached hydrogens (primary N) is 1. The summed E-state index contributed by atoms with van der Waals surface area (Å²) in [5.41, 5.74) is 5.33. The Hall–Kier alpha value is -1.56. The van der Waals surface area contributed by atoms with Crippen molar-refractivity contribution in [2.75, 3.05) is 13.1 Å². The fourth-order valence-corrected chi connectivity index (χ4v) is 3.39. The van der Waals surface area contributed by atoms with Gasteiger partial charge in [-0.25, -0.2) is 4.39 Å². The van der Waals surface area contributed by atoms with Crippen LogP contribution in [-0.4, -0.2) is 35.1 Å². The Morgan fingerprint density at radius 2 is 2.05 bits per heavy atom. The van der Waals surface area contributed by atoms with Gasteiger partial charge in [0.15, 0.2) is 0 Å². The molecule has 0 bridgehead atoms. The van der Waals surface area contributed by atoms with Crippen molar-refractivity contribution in [3.8, 4) is 0 Å². The van der Waals surface area contributed by atoms with Gasteiger partial charge < -0.3 is 10.6 Å². The summed E-state index contributed by atoms with van der Waals surface area (Å²) in [4.78, 5) is 26.2. The lowest BCUT2D eigenvalue weighted by molar-refractivity contribution is -0.134. The van der Waals surface area contributed by atoms with Crippen molar-refractivity contribution in [3.05, 3.63) is 30.1 Å². The minimum absolute atomic E-state index is 0.00437. The molecule has 1 aliphatic rings. The minimum Gasteiger partial charge on any atom is -0.369 e. The zero-order valence-corrected chi connectivity index (χ0v) is 12.7. The fourth-order valence-electron chi connectivity index (χ4n) is 2.43. The van der Waals surface area contributed by atoms with Crippen molar-refractivity contribution in [3.63, 3.8) is 0 Å². The Labute approximate surface area is 127 Å². The largest absolute Gasteiger partial charge is 0.369 e. The Balaban J connectivity index is 1.95. The second-order valence-corrected chi connectivity index (χ2v) is 6.65. The van der Waals surface area contributed by atoms with Gasteiger partial charge >= 0.3 is 0 Å². The molecule has 2 unspecified atom stereocenters. The molecule has 6 heteroatoms. The van der Waals surface area contributed by atoms with E-state index in [4.69, 9.17) is 5.73 Å². The van der Waals surface area contributed by atoms with Gasteiger partial charge in [-0.3, -0.25) is 9.59 Å². The lowest BCUT2D eigenvalue weighted by atomic mass is 9.97. The average molecular weight is 310 g/mol. The lowest BCUT2D eigenvalue weighted by Crippen LogP contribution is -2.46. The second kappa shape index (κ2) is 6.93. The van der Waals surface area contributed by atoms with Crippen LogP contribution in [0.4, 0.5) is 4.39 Å². The van der Waals surface area contributed by atoms with Crippen LogP contribution in [0, 0.1) is 11.7 Å². The van der Waals surface area contributed by atoms with Crippen LogP contribution in [0.3, 0.4) is 0 Å². The molecule has 0 saturated carbocycles. The maximum absolute atomic E-state index is 12.9. The zero-order valence-electron chi connectivity index (χ0n) is 11.9. The van der Waals surface area contributed by atoms with E-state index in [9.17, 15) is 14.0 Å². The van der Waals surface area contributed by atoms with Gasteiger partial charge in [-0.05, 0) is 44.0 Å². The fraction of sp³-hybridized carbons (Fsp3) is 0.467. The first kappa shape index (κ1) is 15.8. The number of carbonyl (C=O) groups excluding carboxylic acids is 2. The van der Waals surface area contributed by atoms with Crippen LogP contribution in [-0.2, 0) is 9.59 Å². The number of hydrogen-bond acceptors (Lipinski definition) is 3. The smallest absolute Gasteiger partial charge is 0.235 e. The highest BCUT2D eigenvalue weighted by Crippen LogP contribution is 2.26. The molecule has 1 saturated heterocycles. The van der Waals surface area contributed by atoms with Gasteiger partial charge in [-0.1, -0.05) is 0 Å². The molecule has 4 nitrogen and oxygen atoms in total. The predicted octanol–water partition coefficient (Wildman–Crippen LogP) is 2.03. The van der Waals surface area contributed by atoms with Gasteiger partial charge in [-0.15, -0.1) is 11.8 Å². The van der Waals surface area contributed by atoms with Crippen LogP contribution in [0.15, 0.2) is 29.2 Å². The van der Waals surface area contributed by atoms with Crippen molar-refractivity contribution < 1.29 is 14.0 Å². The lowest BCUT2D eigenvalue weighted by Gasteiger charge is -2.32. The second-order valence-electron chi connectivity index (χ2n) is 5.24. The van der Waals surface area contributed by atoms with Crippen molar-refractivity contribution in [1.29, 1.82) is 0 Å². The molecule has 21 heavy (non-hydrogen) atoms. The highest BCUT2D eigenvalue weighted by atomic mass is 32.2. The summed E-state index contributed by atoms with van der Waals surface area (Å²) in [6.07, 6.45) is 1.55. The quantitative estimate of drug-likeness (QED) is 0.866. The first-order valence-corrected chi connectivity index (χ1v) is 7.85. The van der Waals surface area contributed by atoms with E-state index in [1.807, 2.05) is 6.92 Å². The third kappa shape index (κ3) is 4.20. The number of piperidine rings is 1. The van der Waals surface area contributed by atoms with Gasteiger partial charge in [0.2, 0.25) is 11.8 Å². The normalized spacial score (nSPS) is 20.1. The monoisotopic (exact) mass is 310 g/mol. The molecule has 0 spiro atoms. The summed E-state index contributed by atoms with van der Waals surface area (Å²) >= 11 is 1.39. The average Bonchev–Trinajstić information content (AvgIpc) is 2.49. The van der Waals surface area contributed by atoms with Crippen LogP contribution in [0.2, 0.25) is 0 Å². The topological polar surface area (TPSA) is 63.4 Å². The van der Waals surface area contributed by atoms with E-state index < -0.39 is 0 Å². The van der Waals surface area contributed by atoms with E-state index in [0.29, 0.717) is 13.1 Å². The predicted molar refractivity (Wildman–Crippen MR) is 80.2 cm³/mol. The zero-order chi connectivity index (χ0) is 15.4. The number of likely N-dealkylation sites (tertiary alicyclic amines) is 1. The van der Waals surface area contributed by atoms with Crippen LogP contribution >= 0.6 is 11.8 Å². The number of benzene rings is 1. The SMILES string of the molecule is CC(Sc1ccc(F)cc1)C(=O)N1CCCC(C(N)=O)C1. The number of amides is 2. The number of carbonyl (C=O) groups is 2. The number of hydrogen-bond donors (Lipinski definition) is 1. The Morgan fingerprint density at radius 1 is 1.38 bits per heavy atom. The van der Waals surface area contributed by atoms with Crippen molar-refractivity contribution >= 4 is 23.6 Å². The van der Waals surface area contributed by atoms with E-state index in [0.717, 1.165) is 17.7 Å². The molecule has 2 rings (SSSR count). The van der Waals surface area contributed by atoms with E-state index >= 15 is 0 Å². The Morgan fingerprint density at radius 3 is 2.67 bits per heavy atom. The summed E-state index contributed by atoms with van der Waals surface area (Å²) in [7, 11) is 0. The van der Waals surface area contributed by atoms with Gasteiger partial charge in [0, 0.05) is 18.0 Å². The van der Waals surface area contributed by atoms with Crippen molar-refractivity contribution in [2.45, 2.75) is 29.9 Å². The molecule has 0 radical (unpaired) electrons. The number of thioether (sulfide) groups is 1. The summed E-state index contributed by atoms with van der Waals surface area (Å²) in [6.45, 7) is 2.89. The van der Waals surface area contributed by atoms with Crippen LogP contribution < -0.4 is 5.73 Å². The molecule has 1 aromatic rings. The first-order valence-electron chi connectivity index (χ1n) is 6.97. The third-order valence-electron chi connectivity index (χ3n) is 3.61. The van der Waals surface area contributed by atoms with E-state index in [1.54, 1.807) is 17.0 Å². The highest BCUT2D eigenvalue weighted by Gasteiger charge is 2.29. The van der Waals surface area contributed by atoms with Gasteiger partial charge in [0.1, 0.15) is 5.82 Å². The van der Waals surface area contributed by atoms with E-state index in [-0.39, 0.29) is 28.8 Å². The molecular weight excluding hydrogens is 291 g/mol. The van der Waals surface area contributed by atoms with Crippen LogP contribution in [0.25, 0.3) is 0 Å². The maximum atomic E-state index is 12.9. The number of primary amides is 1. The highest BCUT2D eigenvalue weighted by molar-refractivity contribution is 8.00. The Kier molecular flexibility index (Phi) is 5.22. The number of nitrogens with zero attached hydrogens (tertiary/aromatic N) is 1. The molecule has 2 N–H and O–H groups in total. The maximum Gasteiger partial charge on any atom is 0.235 e. The molecule has 114 valence electrons. The summed E-state index contributed by atoms with van der Waals surface area (Å²) in [6, 6.07) is 6.07. The summed E-state index contributed by atoms with van der Waals surface area (Å²) in [5, 5.41) is -0.276. The van der Waals surface area contributed by atoms with Crippen molar-refractivity contribution in [2.24, 2.45) is 11.7 Å². The molecule has 2 atom stereocenters. The third-order valence-corrected chi connectivity index (χ3v) is 4.71. The summed E-state index contributed by atoms with van der Waals surface area (Å²) in [5.74, 6) is -0.883. The molecule has 1 heterocycles. The van der Waals surface area contributed by atoms with Gasteiger partial charge in [0.25, 0.3) is 0 Å². The Bertz CT molecular complexity index is 521. The first-order chi connectivity index (χ1) is 9.97. The van der Waals surface area contributed by atoms with Crippen LogP contribution in [0.5, 0.6) is 0 Å². The molecule has 1 aromatic carbocycles. The van der Waals surface area contributed by atoms with E-state index in [1.165, 1.54) is 23.9 Å². The van der Waals surface area contributed by atoms with Gasteiger partial charge in [0.05, 0.1) is 11.2 Å². The molecular formula is C15H19FN2O2S. The summed E-state index contributed by atoms with van der Waals surface area (Å²) < 4.78 is 12.9. The molecule has 0 aromatic heterocycles. The van der Waals surface area contributed by atoms with Crippen LogP contribution in [0.1, 0.15) is 19.8 Å². The number of halogens is 1. The van der Waals surface area contributed by atoms with Crippen molar-refractivity contribution in [1.82, 2.24) is 4.90 Å². The minimum atomic E-state index is -0.341.